The summed E-state index contributed by atoms with van der Waals surface area (Å²) in [5.74, 6) is -0.0329. The fourth-order valence-corrected chi connectivity index (χ4v) is 1.63. The highest BCUT2D eigenvalue weighted by Crippen LogP contribution is 2.18. The average Bonchev–Trinajstić information content (AvgIpc) is 2.43. The topological polar surface area (TPSA) is 65.5 Å². The first-order chi connectivity index (χ1) is 8.62. The average molecular weight is 251 g/mol. The van der Waals surface area contributed by atoms with Crippen LogP contribution in [0.3, 0.4) is 0 Å². The molecular formula is C13H21N3O2. The minimum absolute atomic E-state index is 0.0329. The third kappa shape index (κ3) is 3.70. The van der Waals surface area contributed by atoms with E-state index >= 15 is 0 Å². The molecule has 0 bridgehead atoms. The van der Waals surface area contributed by atoms with Crippen molar-refractivity contribution in [3.8, 4) is 0 Å². The van der Waals surface area contributed by atoms with Crippen molar-refractivity contribution in [3.63, 3.8) is 0 Å². The standard InChI is InChI=1S/C13H21N3O2/c1-4-12(17)11-7-6-10(8-15-11)16(5-2)9-13(18)14-3/h6-8,12,17H,4-5,9H2,1-3H3,(H,14,18)/t12-/m1/s1. The zero-order chi connectivity index (χ0) is 13.5. The van der Waals surface area contributed by atoms with E-state index in [1.165, 1.54) is 0 Å². The second-order valence-electron chi connectivity index (χ2n) is 4.05. The second kappa shape index (κ2) is 6.96. The largest absolute Gasteiger partial charge is 0.387 e. The van der Waals surface area contributed by atoms with Gasteiger partial charge in [0.2, 0.25) is 5.91 Å². The summed E-state index contributed by atoms with van der Waals surface area (Å²) < 4.78 is 0. The zero-order valence-electron chi connectivity index (χ0n) is 11.2. The van der Waals surface area contributed by atoms with Gasteiger partial charge in [-0.15, -0.1) is 0 Å². The highest BCUT2D eigenvalue weighted by atomic mass is 16.3. The molecule has 1 rings (SSSR count). The molecule has 2 N–H and O–H groups in total. The lowest BCUT2D eigenvalue weighted by Gasteiger charge is -2.22. The van der Waals surface area contributed by atoms with Gasteiger partial charge in [-0.2, -0.15) is 0 Å². The van der Waals surface area contributed by atoms with Crippen LogP contribution in [0.5, 0.6) is 0 Å². The second-order valence-corrected chi connectivity index (χ2v) is 4.05. The summed E-state index contributed by atoms with van der Waals surface area (Å²) in [5.41, 5.74) is 1.55. The molecule has 0 radical (unpaired) electrons. The molecule has 5 heteroatoms. The number of nitrogens with zero attached hydrogens (tertiary/aromatic N) is 2. The van der Waals surface area contributed by atoms with Gasteiger partial charge >= 0.3 is 0 Å². The van der Waals surface area contributed by atoms with Crippen LogP contribution in [-0.4, -0.2) is 36.1 Å². The van der Waals surface area contributed by atoms with Crippen molar-refractivity contribution in [2.24, 2.45) is 0 Å². The third-order valence-corrected chi connectivity index (χ3v) is 2.86. The predicted molar refractivity (Wildman–Crippen MR) is 71.4 cm³/mol. The lowest BCUT2D eigenvalue weighted by molar-refractivity contribution is -0.119. The molecule has 0 aliphatic rings. The fourth-order valence-electron chi connectivity index (χ4n) is 1.63. The van der Waals surface area contributed by atoms with E-state index in [4.69, 9.17) is 0 Å². The van der Waals surface area contributed by atoms with Gasteiger partial charge in [-0.1, -0.05) is 6.92 Å². The molecule has 0 saturated heterocycles. The molecular weight excluding hydrogens is 230 g/mol. The van der Waals surface area contributed by atoms with E-state index in [1.54, 1.807) is 19.3 Å². The molecule has 1 aromatic heterocycles. The van der Waals surface area contributed by atoms with Crippen LogP contribution < -0.4 is 10.2 Å². The quantitative estimate of drug-likeness (QED) is 0.794. The van der Waals surface area contributed by atoms with Gasteiger partial charge in [0.25, 0.3) is 0 Å². The lowest BCUT2D eigenvalue weighted by atomic mass is 10.2. The molecule has 1 atom stereocenters. The number of likely N-dealkylation sites (N-methyl/N-ethyl adjacent to an activating group) is 2. The van der Waals surface area contributed by atoms with Gasteiger partial charge in [0.1, 0.15) is 0 Å². The van der Waals surface area contributed by atoms with E-state index in [1.807, 2.05) is 24.8 Å². The van der Waals surface area contributed by atoms with E-state index in [0.717, 1.165) is 12.2 Å². The zero-order valence-corrected chi connectivity index (χ0v) is 11.2. The van der Waals surface area contributed by atoms with E-state index in [2.05, 4.69) is 10.3 Å². The van der Waals surface area contributed by atoms with Crippen molar-refractivity contribution in [2.75, 3.05) is 25.0 Å². The van der Waals surface area contributed by atoms with Gasteiger partial charge < -0.3 is 15.3 Å². The van der Waals surface area contributed by atoms with Crippen LogP contribution in [0.4, 0.5) is 5.69 Å². The number of aliphatic hydroxyl groups is 1. The summed E-state index contributed by atoms with van der Waals surface area (Å²) in [6, 6.07) is 3.68. The summed E-state index contributed by atoms with van der Waals surface area (Å²) >= 11 is 0. The Kier molecular flexibility index (Phi) is 5.58. The Labute approximate surface area is 108 Å². The van der Waals surface area contributed by atoms with Gasteiger partial charge in [-0.25, -0.2) is 0 Å². The summed E-state index contributed by atoms with van der Waals surface area (Å²) in [5, 5.41) is 12.3. The van der Waals surface area contributed by atoms with Crippen LogP contribution in [0.2, 0.25) is 0 Å². The van der Waals surface area contributed by atoms with Gasteiger partial charge in [0.15, 0.2) is 0 Å². The number of amides is 1. The summed E-state index contributed by atoms with van der Waals surface area (Å²) in [7, 11) is 1.62. The van der Waals surface area contributed by atoms with Crippen molar-refractivity contribution >= 4 is 11.6 Å². The molecule has 0 aliphatic heterocycles. The smallest absolute Gasteiger partial charge is 0.239 e. The van der Waals surface area contributed by atoms with E-state index in [0.29, 0.717) is 18.7 Å². The minimum Gasteiger partial charge on any atom is -0.387 e. The van der Waals surface area contributed by atoms with E-state index in [9.17, 15) is 9.90 Å². The highest BCUT2D eigenvalue weighted by molar-refractivity contribution is 5.80. The number of pyridine rings is 1. The molecule has 5 nitrogen and oxygen atoms in total. The maximum absolute atomic E-state index is 11.4. The number of carbonyl (C=O) groups is 1. The minimum atomic E-state index is -0.520. The molecule has 1 heterocycles. The molecule has 0 fully saturated rings. The molecule has 100 valence electrons. The van der Waals surface area contributed by atoms with Gasteiger partial charge in [-0.3, -0.25) is 9.78 Å². The van der Waals surface area contributed by atoms with E-state index < -0.39 is 6.10 Å². The molecule has 1 aromatic rings. The van der Waals surface area contributed by atoms with E-state index in [-0.39, 0.29) is 5.91 Å². The van der Waals surface area contributed by atoms with Crippen LogP contribution in [-0.2, 0) is 4.79 Å². The lowest BCUT2D eigenvalue weighted by Crippen LogP contribution is -2.35. The van der Waals surface area contributed by atoms with Gasteiger partial charge in [0, 0.05) is 13.6 Å². The predicted octanol–water partition coefficient (Wildman–Crippen LogP) is 1.10. The van der Waals surface area contributed by atoms with Crippen molar-refractivity contribution in [1.29, 1.82) is 0 Å². The number of anilines is 1. The molecule has 0 aromatic carbocycles. The Hall–Kier alpha value is -1.62. The van der Waals surface area contributed by atoms with Crippen molar-refractivity contribution < 1.29 is 9.90 Å². The number of hydrogen-bond acceptors (Lipinski definition) is 4. The first-order valence-electron chi connectivity index (χ1n) is 6.21. The molecule has 0 saturated carbocycles. The first kappa shape index (κ1) is 14.4. The van der Waals surface area contributed by atoms with Gasteiger partial charge in [0.05, 0.1) is 30.2 Å². The van der Waals surface area contributed by atoms with Crippen molar-refractivity contribution in [1.82, 2.24) is 10.3 Å². The fraction of sp³-hybridized carbons (Fsp3) is 0.538. The summed E-state index contributed by atoms with van der Waals surface area (Å²) in [6.45, 7) is 4.93. The van der Waals surface area contributed by atoms with Crippen molar-refractivity contribution in [2.45, 2.75) is 26.4 Å². The van der Waals surface area contributed by atoms with Crippen LogP contribution in [0.1, 0.15) is 32.1 Å². The van der Waals surface area contributed by atoms with Crippen LogP contribution in [0.15, 0.2) is 18.3 Å². The number of aliphatic hydroxyl groups excluding tert-OH is 1. The Balaban J connectivity index is 2.78. The Bertz CT molecular complexity index is 378. The first-order valence-corrected chi connectivity index (χ1v) is 6.21. The van der Waals surface area contributed by atoms with Crippen molar-refractivity contribution in [3.05, 3.63) is 24.0 Å². The number of rotatable bonds is 6. The molecule has 18 heavy (non-hydrogen) atoms. The third-order valence-electron chi connectivity index (χ3n) is 2.86. The molecule has 1 amide bonds. The highest BCUT2D eigenvalue weighted by Gasteiger charge is 2.11. The maximum Gasteiger partial charge on any atom is 0.239 e. The van der Waals surface area contributed by atoms with Crippen LogP contribution in [0, 0.1) is 0 Å². The number of nitrogens with one attached hydrogen (secondary N) is 1. The number of aromatic nitrogens is 1. The normalized spacial score (nSPS) is 12.0. The molecule has 0 spiro atoms. The SMILES string of the molecule is CC[C@@H](O)c1ccc(N(CC)CC(=O)NC)cn1. The summed E-state index contributed by atoms with van der Waals surface area (Å²) in [4.78, 5) is 17.5. The Morgan fingerprint density at radius 1 is 1.50 bits per heavy atom. The molecule has 0 unspecified atom stereocenters. The maximum atomic E-state index is 11.4. The number of hydrogen-bond donors (Lipinski definition) is 2. The Morgan fingerprint density at radius 2 is 2.22 bits per heavy atom. The molecule has 0 aliphatic carbocycles. The summed E-state index contributed by atoms with van der Waals surface area (Å²) in [6.07, 6.45) is 1.82. The van der Waals surface area contributed by atoms with Gasteiger partial charge in [-0.05, 0) is 25.5 Å². The van der Waals surface area contributed by atoms with Crippen LogP contribution in [0.25, 0.3) is 0 Å². The van der Waals surface area contributed by atoms with Crippen LogP contribution >= 0.6 is 0 Å². The monoisotopic (exact) mass is 251 g/mol. The number of carbonyl (C=O) groups excluding carboxylic acids is 1. The Morgan fingerprint density at radius 3 is 2.67 bits per heavy atom.